The number of hydrogen-bond donors (Lipinski definition) is 0. The predicted octanol–water partition coefficient (Wildman–Crippen LogP) is 0.394. The molecular weight excluding hydrogens is 356 g/mol. The van der Waals surface area contributed by atoms with Crippen LogP contribution in [0.5, 0.6) is 0 Å². The Bertz CT molecular complexity index is 1130. The van der Waals surface area contributed by atoms with Gasteiger partial charge in [-0.2, -0.15) is 0 Å². The zero-order chi connectivity index (χ0) is 18.6. The number of carbonyl (C=O) groups excluding carboxylic acids is 1. The molecule has 0 radical (unpaired) electrons. The second-order valence-corrected chi connectivity index (χ2v) is 7.35. The van der Waals surface area contributed by atoms with Gasteiger partial charge in [0.15, 0.2) is 16.3 Å². The Hall–Kier alpha value is -2.75. The molecule has 3 heterocycles. The zero-order valence-electron chi connectivity index (χ0n) is 14.7. The average Bonchev–Trinajstić information content (AvgIpc) is 3.20. The summed E-state index contributed by atoms with van der Waals surface area (Å²) in [6.07, 6.45) is 3.33. The highest BCUT2D eigenvalue weighted by Crippen LogP contribution is 2.33. The molecule has 136 valence electrons. The highest BCUT2D eigenvalue weighted by Gasteiger charge is 2.35. The van der Waals surface area contributed by atoms with Gasteiger partial charge in [0.05, 0.1) is 12.0 Å². The topological polar surface area (TPSA) is 95.0 Å². The molecule has 10 heteroatoms. The first-order chi connectivity index (χ1) is 12.4. The van der Waals surface area contributed by atoms with Crippen LogP contribution in [0.2, 0.25) is 0 Å². The number of amides is 1. The molecule has 0 bridgehead atoms. The lowest BCUT2D eigenvalue weighted by molar-refractivity contribution is -0.119. The number of rotatable bonds is 4. The van der Waals surface area contributed by atoms with Gasteiger partial charge in [-0.25, -0.2) is 14.8 Å². The molecule has 1 saturated carbocycles. The van der Waals surface area contributed by atoms with Crippen LogP contribution in [-0.4, -0.2) is 35.6 Å². The van der Waals surface area contributed by atoms with E-state index in [2.05, 4.69) is 9.97 Å². The molecule has 1 fully saturated rings. The van der Waals surface area contributed by atoms with Gasteiger partial charge in [-0.15, -0.1) is 11.3 Å². The fraction of sp³-hybridized carbons (Fsp3) is 0.438. The predicted molar refractivity (Wildman–Crippen MR) is 97.6 cm³/mol. The van der Waals surface area contributed by atoms with E-state index in [0.717, 1.165) is 23.1 Å². The molecule has 0 saturated heterocycles. The summed E-state index contributed by atoms with van der Waals surface area (Å²) in [7, 11) is 2.97. The van der Waals surface area contributed by atoms with Crippen molar-refractivity contribution in [2.45, 2.75) is 32.4 Å². The first kappa shape index (κ1) is 16.7. The van der Waals surface area contributed by atoms with E-state index in [0.29, 0.717) is 5.13 Å². The lowest BCUT2D eigenvalue weighted by Gasteiger charge is -2.19. The number of aromatic nitrogens is 5. The van der Waals surface area contributed by atoms with Gasteiger partial charge in [-0.3, -0.25) is 23.6 Å². The molecule has 3 aromatic rings. The van der Waals surface area contributed by atoms with E-state index in [1.807, 2.05) is 12.3 Å². The van der Waals surface area contributed by atoms with Crippen LogP contribution in [0, 0.1) is 6.92 Å². The second kappa shape index (κ2) is 5.90. The van der Waals surface area contributed by atoms with Crippen LogP contribution in [0.25, 0.3) is 11.2 Å². The number of fused-ring (bicyclic) bond motifs is 1. The molecule has 1 amide bonds. The van der Waals surface area contributed by atoms with Gasteiger partial charge in [-0.05, 0) is 19.8 Å². The highest BCUT2D eigenvalue weighted by atomic mass is 32.1. The van der Waals surface area contributed by atoms with E-state index in [9.17, 15) is 14.4 Å². The van der Waals surface area contributed by atoms with Gasteiger partial charge >= 0.3 is 5.69 Å². The molecule has 0 aliphatic heterocycles. The first-order valence-corrected chi connectivity index (χ1v) is 9.11. The van der Waals surface area contributed by atoms with Crippen LogP contribution >= 0.6 is 11.3 Å². The van der Waals surface area contributed by atoms with Crippen molar-refractivity contribution in [3.05, 3.63) is 38.2 Å². The van der Waals surface area contributed by atoms with Gasteiger partial charge in [0.2, 0.25) is 5.91 Å². The number of aryl methyl sites for hydroxylation is 2. The van der Waals surface area contributed by atoms with Gasteiger partial charge in [0.25, 0.3) is 5.56 Å². The molecule has 0 N–H and O–H groups in total. The fourth-order valence-corrected chi connectivity index (χ4v) is 3.88. The summed E-state index contributed by atoms with van der Waals surface area (Å²) >= 11 is 1.44. The molecule has 0 spiro atoms. The number of thiazole rings is 1. The number of imidazole rings is 1. The Morgan fingerprint density at radius 1 is 1.31 bits per heavy atom. The van der Waals surface area contributed by atoms with E-state index in [1.165, 1.54) is 33.8 Å². The fourth-order valence-electron chi connectivity index (χ4n) is 2.99. The molecule has 26 heavy (non-hydrogen) atoms. The Kier molecular flexibility index (Phi) is 3.79. The molecule has 0 aromatic carbocycles. The SMILES string of the molecule is Cc1csc(N(C(=O)Cn2cnc3c2c(=O)n(C)c(=O)n3C)C2CC2)n1. The molecule has 0 atom stereocenters. The van der Waals surface area contributed by atoms with Crippen molar-refractivity contribution in [1.82, 2.24) is 23.7 Å². The largest absolute Gasteiger partial charge is 0.332 e. The molecule has 3 aromatic heterocycles. The molecule has 1 aliphatic rings. The minimum absolute atomic E-state index is 0.0287. The summed E-state index contributed by atoms with van der Waals surface area (Å²) in [5, 5.41) is 2.59. The van der Waals surface area contributed by atoms with E-state index >= 15 is 0 Å². The summed E-state index contributed by atoms with van der Waals surface area (Å²) in [4.78, 5) is 47.8. The van der Waals surface area contributed by atoms with Crippen LogP contribution in [0.4, 0.5) is 5.13 Å². The smallest absolute Gasteiger partial charge is 0.315 e. The van der Waals surface area contributed by atoms with Crippen molar-refractivity contribution >= 4 is 33.5 Å². The Morgan fingerprint density at radius 3 is 2.65 bits per heavy atom. The third-order valence-electron chi connectivity index (χ3n) is 4.52. The number of hydrogen-bond acceptors (Lipinski definition) is 6. The monoisotopic (exact) mass is 374 g/mol. The summed E-state index contributed by atoms with van der Waals surface area (Å²) in [6.45, 7) is 1.86. The Labute approximate surface area is 152 Å². The molecule has 1 aliphatic carbocycles. The van der Waals surface area contributed by atoms with Crippen LogP contribution in [-0.2, 0) is 25.4 Å². The third kappa shape index (κ3) is 2.57. The lowest BCUT2D eigenvalue weighted by atomic mass is 10.4. The summed E-state index contributed by atoms with van der Waals surface area (Å²) in [5.74, 6) is -0.142. The second-order valence-electron chi connectivity index (χ2n) is 6.52. The molecule has 4 rings (SSSR count). The zero-order valence-corrected chi connectivity index (χ0v) is 15.5. The standard InChI is InChI=1S/C16H18N6O3S/c1-9-7-26-15(18-9)22(10-4-5-10)11(23)6-21-8-17-13-12(21)14(24)20(3)16(25)19(13)2/h7-8,10H,4-6H2,1-3H3. The van der Waals surface area contributed by atoms with Gasteiger partial charge in [-0.1, -0.05) is 0 Å². The van der Waals surface area contributed by atoms with Gasteiger partial charge < -0.3 is 4.57 Å². The minimum atomic E-state index is -0.462. The third-order valence-corrected chi connectivity index (χ3v) is 5.47. The van der Waals surface area contributed by atoms with Crippen LogP contribution in [0.15, 0.2) is 21.3 Å². The van der Waals surface area contributed by atoms with Crippen molar-refractivity contribution < 1.29 is 4.79 Å². The summed E-state index contributed by atoms with van der Waals surface area (Å²) < 4.78 is 3.84. The maximum Gasteiger partial charge on any atom is 0.332 e. The van der Waals surface area contributed by atoms with E-state index in [1.54, 1.807) is 11.9 Å². The van der Waals surface area contributed by atoms with E-state index < -0.39 is 11.2 Å². The summed E-state index contributed by atoms with van der Waals surface area (Å²) in [6, 6.07) is 0.162. The number of carbonyl (C=O) groups is 1. The number of nitrogens with zero attached hydrogens (tertiary/aromatic N) is 6. The highest BCUT2D eigenvalue weighted by molar-refractivity contribution is 7.14. The van der Waals surface area contributed by atoms with Crippen molar-refractivity contribution in [2.75, 3.05) is 4.90 Å². The van der Waals surface area contributed by atoms with Crippen LogP contribution < -0.4 is 16.1 Å². The van der Waals surface area contributed by atoms with Gasteiger partial charge in [0, 0.05) is 25.5 Å². The quantitative estimate of drug-likeness (QED) is 0.659. The Morgan fingerprint density at radius 2 is 2.04 bits per heavy atom. The van der Waals surface area contributed by atoms with Crippen molar-refractivity contribution in [3.8, 4) is 0 Å². The van der Waals surface area contributed by atoms with E-state index in [-0.39, 0.29) is 29.7 Å². The molecule has 0 unspecified atom stereocenters. The maximum atomic E-state index is 13.0. The van der Waals surface area contributed by atoms with E-state index in [4.69, 9.17) is 0 Å². The summed E-state index contributed by atoms with van der Waals surface area (Å²) in [5.41, 5.74) is 0.483. The van der Waals surface area contributed by atoms with Crippen molar-refractivity contribution in [3.63, 3.8) is 0 Å². The first-order valence-electron chi connectivity index (χ1n) is 8.23. The van der Waals surface area contributed by atoms with Gasteiger partial charge in [0.1, 0.15) is 6.54 Å². The molecule has 9 nitrogen and oxygen atoms in total. The lowest BCUT2D eigenvalue weighted by Crippen LogP contribution is -2.39. The maximum absolute atomic E-state index is 13.0. The Balaban J connectivity index is 1.74. The van der Waals surface area contributed by atoms with Crippen molar-refractivity contribution in [1.29, 1.82) is 0 Å². The normalized spacial score (nSPS) is 14.1. The van der Waals surface area contributed by atoms with Crippen LogP contribution in [0.3, 0.4) is 0 Å². The minimum Gasteiger partial charge on any atom is -0.315 e. The molecular formula is C16H18N6O3S. The van der Waals surface area contributed by atoms with Crippen molar-refractivity contribution in [2.24, 2.45) is 14.1 Å². The number of anilines is 1. The average molecular weight is 374 g/mol. The van der Waals surface area contributed by atoms with Crippen LogP contribution in [0.1, 0.15) is 18.5 Å².